The molecule has 188 valence electrons. The number of hydrogen-bond acceptors (Lipinski definition) is 7. The summed E-state index contributed by atoms with van der Waals surface area (Å²) in [6, 6.07) is 7.55. The van der Waals surface area contributed by atoms with Crippen LogP contribution in [-0.4, -0.2) is 35.1 Å². The van der Waals surface area contributed by atoms with Crippen LogP contribution in [-0.2, 0) is 28.9 Å². The van der Waals surface area contributed by atoms with Crippen molar-refractivity contribution in [1.29, 1.82) is 0 Å². The Balaban J connectivity index is 1.68. The SMILES string of the molecule is CCOC(=O)c1c(NC(C)=O)c2c3c(sc2n1Cc1nc(-c2ccccc2OC)oc1C)CCCC3. The first-order valence-corrected chi connectivity index (χ1v) is 13.0. The van der Waals surface area contributed by atoms with Crippen LogP contribution in [0.3, 0.4) is 0 Å². The summed E-state index contributed by atoms with van der Waals surface area (Å²) in [5.41, 5.74) is 3.53. The molecule has 1 aliphatic carbocycles. The molecule has 8 nitrogen and oxygen atoms in total. The van der Waals surface area contributed by atoms with Crippen LogP contribution < -0.4 is 10.1 Å². The van der Waals surface area contributed by atoms with Crippen molar-refractivity contribution in [2.45, 2.75) is 53.0 Å². The van der Waals surface area contributed by atoms with E-state index < -0.39 is 5.97 Å². The summed E-state index contributed by atoms with van der Waals surface area (Å²) in [6.45, 7) is 5.62. The molecule has 36 heavy (non-hydrogen) atoms. The highest BCUT2D eigenvalue weighted by atomic mass is 32.1. The van der Waals surface area contributed by atoms with Gasteiger partial charge in [0.05, 0.1) is 31.5 Å². The lowest BCUT2D eigenvalue weighted by Gasteiger charge is -2.13. The number of amides is 1. The number of hydrogen-bond donors (Lipinski definition) is 1. The molecule has 0 saturated carbocycles. The number of aryl methyl sites for hydroxylation is 3. The average molecular weight is 508 g/mol. The van der Waals surface area contributed by atoms with Crippen LogP contribution in [0.4, 0.5) is 5.69 Å². The van der Waals surface area contributed by atoms with Crippen LogP contribution in [0.2, 0.25) is 0 Å². The number of nitrogens with one attached hydrogen (secondary N) is 1. The fraction of sp³-hybridized carbons (Fsp3) is 0.370. The second-order valence-electron chi connectivity index (χ2n) is 8.82. The lowest BCUT2D eigenvalue weighted by Crippen LogP contribution is -2.17. The fourth-order valence-corrected chi connectivity index (χ4v) is 6.28. The number of para-hydroxylation sites is 1. The van der Waals surface area contributed by atoms with Crippen LogP contribution in [0.15, 0.2) is 28.7 Å². The molecule has 0 spiro atoms. The number of rotatable bonds is 7. The van der Waals surface area contributed by atoms with Crippen molar-refractivity contribution in [2.75, 3.05) is 19.0 Å². The van der Waals surface area contributed by atoms with E-state index in [2.05, 4.69) is 5.32 Å². The van der Waals surface area contributed by atoms with E-state index in [1.54, 1.807) is 25.4 Å². The first-order chi connectivity index (χ1) is 17.4. The topological polar surface area (TPSA) is 95.6 Å². The fourth-order valence-electron chi connectivity index (χ4n) is 4.88. The number of ether oxygens (including phenoxy) is 2. The van der Waals surface area contributed by atoms with E-state index in [0.717, 1.165) is 41.5 Å². The van der Waals surface area contributed by atoms with Gasteiger partial charge in [-0.2, -0.15) is 0 Å². The maximum atomic E-state index is 13.2. The van der Waals surface area contributed by atoms with Gasteiger partial charge in [0.15, 0.2) is 5.69 Å². The molecule has 1 N–H and O–H groups in total. The second-order valence-corrected chi connectivity index (χ2v) is 9.91. The zero-order chi connectivity index (χ0) is 25.4. The summed E-state index contributed by atoms with van der Waals surface area (Å²) in [5.74, 6) is 1.06. The predicted octanol–water partition coefficient (Wildman–Crippen LogP) is 5.74. The van der Waals surface area contributed by atoms with Gasteiger partial charge in [0, 0.05) is 17.2 Å². The summed E-state index contributed by atoms with van der Waals surface area (Å²) in [7, 11) is 1.61. The monoisotopic (exact) mass is 507 g/mol. The number of methoxy groups -OCH3 is 1. The Hall–Kier alpha value is -3.59. The third kappa shape index (κ3) is 4.17. The Morgan fingerprint density at radius 3 is 2.75 bits per heavy atom. The van der Waals surface area contributed by atoms with Gasteiger partial charge < -0.3 is 23.8 Å². The molecule has 0 saturated heterocycles. The standard InChI is InChI=1S/C27H29N3O5S/c1-5-34-27(32)24-23(28-16(3)31)22-18-11-7-9-13-21(18)36-26(22)30(24)14-19-15(2)35-25(29-19)17-10-6-8-12-20(17)33-4/h6,8,10,12H,5,7,9,11,13-14H2,1-4H3,(H,28,31). The number of esters is 1. The Kier molecular flexibility index (Phi) is 6.57. The number of benzene rings is 1. The van der Waals surface area contributed by atoms with Gasteiger partial charge in [-0.3, -0.25) is 4.79 Å². The Labute approximate surface area is 213 Å². The van der Waals surface area contributed by atoms with E-state index in [0.29, 0.717) is 41.0 Å². The van der Waals surface area contributed by atoms with Crippen molar-refractivity contribution in [1.82, 2.24) is 9.55 Å². The Morgan fingerprint density at radius 2 is 2.00 bits per heavy atom. The minimum absolute atomic E-state index is 0.230. The molecule has 3 heterocycles. The Bertz CT molecular complexity index is 1460. The number of carbonyl (C=O) groups is 2. The molecule has 0 fully saturated rings. The molecule has 1 aromatic carbocycles. The number of oxazole rings is 1. The Morgan fingerprint density at radius 1 is 1.22 bits per heavy atom. The number of aromatic nitrogens is 2. The first kappa shape index (κ1) is 24.1. The maximum Gasteiger partial charge on any atom is 0.357 e. The van der Waals surface area contributed by atoms with Crippen molar-refractivity contribution in [3.8, 4) is 17.2 Å². The second kappa shape index (κ2) is 9.81. The quantitative estimate of drug-likeness (QED) is 0.321. The normalized spacial score (nSPS) is 13.0. The van der Waals surface area contributed by atoms with E-state index in [-0.39, 0.29) is 12.5 Å². The van der Waals surface area contributed by atoms with E-state index in [1.165, 1.54) is 17.4 Å². The molecule has 0 aliphatic heterocycles. The number of thiophene rings is 1. The van der Waals surface area contributed by atoms with Gasteiger partial charge in [-0.1, -0.05) is 12.1 Å². The molecule has 0 unspecified atom stereocenters. The minimum Gasteiger partial charge on any atom is -0.496 e. The molecule has 9 heteroatoms. The van der Waals surface area contributed by atoms with E-state index in [4.69, 9.17) is 18.9 Å². The van der Waals surface area contributed by atoms with Crippen LogP contribution >= 0.6 is 11.3 Å². The third-order valence-electron chi connectivity index (χ3n) is 6.46. The van der Waals surface area contributed by atoms with E-state index >= 15 is 0 Å². The summed E-state index contributed by atoms with van der Waals surface area (Å²) >= 11 is 1.68. The van der Waals surface area contributed by atoms with Crippen molar-refractivity contribution < 1.29 is 23.5 Å². The summed E-state index contributed by atoms with van der Waals surface area (Å²) in [5, 5.41) is 3.89. The van der Waals surface area contributed by atoms with E-state index in [9.17, 15) is 9.59 Å². The van der Waals surface area contributed by atoms with Gasteiger partial charge in [-0.25, -0.2) is 9.78 Å². The molecule has 1 amide bonds. The molecule has 4 aromatic rings. The van der Waals surface area contributed by atoms with Crippen LogP contribution in [0.25, 0.3) is 21.7 Å². The van der Waals surface area contributed by atoms with Crippen molar-refractivity contribution >= 4 is 39.1 Å². The number of anilines is 1. The molecule has 0 radical (unpaired) electrons. The van der Waals surface area contributed by atoms with Crippen LogP contribution in [0.5, 0.6) is 5.75 Å². The molecule has 0 bridgehead atoms. The lowest BCUT2D eigenvalue weighted by atomic mass is 9.96. The molecule has 3 aromatic heterocycles. The zero-order valence-electron chi connectivity index (χ0n) is 20.9. The highest BCUT2D eigenvalue weighted by Gasteiger charge is 2.31. The molecular weight excluding hydrogens is 478 g/mol. The van der Waals surface area contributed by atoms with Crippen LogP contribution in [0, 0.1) is 6.92 Å². The van der Waals surface area contributed by atoms with Crippen molar-refractivity contribution in [3.05, 3.63) is 51.9 Å². The molecule has 1 aliphatic rings. The minimum atomic E-state index is -0.472. The smallest absolute Gasteiger partial charge is 0.357 e. The van der Waals surface area contributed by atoms with E-state index in [1.807, 2.05) is 35.8 Å². The molecule has 5 rings (SSSR count). The molecular formula is C27H29N3O5S. The van der Waals surface area contributed by atoms with Crippen molar-refractivity contribution in [3.63, 3.8) is 0 Å². The van der Waals surface area contributed by atoms with Gasteiger partial charge in [-0.05, 0) is 57.2 Å². The number of nitrogens with zero attached hydrogens (tertiary/aromatic N) is 2. The summed E-state index contributed by atoms with van der Waals surface area (Å²) < 4.78 is 18.9. The van der Waals surface area contributed by atoms with Crippen LogP contribution in [0.1, 0.15) is 59.1 Å². The van der Waals surface area contributed by atoms with Gasteiger partial charge in [-0.15, -0.1) is 11.3 Å². The number of carbonyl (C=O) groups excluding carboxylic acids is 2. The van der Waals surface area contributed by atoms with Crippen molar-refractivity contribution in [2.24, 2.45) is 0 Å². The summed E-state index contributed by atoms with van der Waals surface area (Å²) in [6.07, 6.45) is 4.16. The maximum absolute atomic E-state index is 13.2. The average Bonchev–Trinajstić information content (AvgIpc) is 3.51. The van der Waals surface area contributed by atoms with Gasteiger partial charge in [0.2, 0.25) is 11.8 Å². The first-order valence-electron chi connectivity index (χ1n) is 12.1. The number of fused-ring (bicyclic) bond motifs is 3. The van der Waals surface area contributed by atoms with Gasteiger partial charge in [0.1, 0.15) is 22.0 Å². The molecule has 0 atom stereocenters. The third-order valence-corrected chi connectivity index (χ3v) is 7.78. The van der Waals surface area contributed by atoms with Gasteiger partial charge >= 0.3 is 5.97 Å². The summed E-state index contributed by atoms with van der Waals surface area (Å²) in [4.78, 5) is 32.5. The highest BCUT2D eigenvalue weighted by Crippen LogP contribution is 2.44. The zero-order valence-corrected chi connectivity index (χ0v) is 21.7. The highest BCUT2D eigenvalue weighted by molar-refractivity contribution is 7.19. The largest absolute Gasteiger partial charge is 0.496 e. The predicted molar refractivity (Wildman–Crippen MR) is 139 cm³/mol. The van der Waals surface area contributed by atoms with Gasteiger partial charge in [0.25, 0.3) is 0 Å². The lowest BCUT2D eigenvalue weighted by molar-refractivity contribution is -0.114.